The van der Waals surface area contributed by atoms with Gasteiger partial charge in [0.05, 0.1) is 22.1 Å². The van der Waals surface area contributed by atoms with Crippen molar-refractivity contribution in [1.82, 2.24) is 9.13 Å². The van der Waals surface area contributed by atoms with Gasteiger partial charge in [-0.3, -0.25) is 18.7 Å². The van der Waals surface area contributed by atoms with E-state index in [1.165, 1.54) is 3.57 Å². The molecule has 8 aromatic carbocycles. The predicted octanol–water partition coefficient (Wildman–Crippen LogP) is 15.0. The minimum Gasteiger partial charge on any atom is -0.356 e. The van der Waals surface area contributed by atoms with Crippen molar-refractivity contribution in [3.63, 3.8) is 0 Å². The van der Waals surface area contributed by atoms with Crippen molar-refractivity contribution in [2.24, 2.45) is 0 Å². The van der Waals surface area contributed by atoms with Crippen LogP contribution in [-0.2, 0) is 0 Å². The van der Waals surface area contributed by atoms with Crippen LogP contribution in [0.4, 0.5) is 28.4 Å². The van der Waals surface area contributed by atoms with E-state index in [0.717, 1.165) is 72.0 Å². The molecule has 0 bridgehead atoms. The molecule has 0 spiro atoms. The smallest absolute Gasteiger partial charge is 0.228 e. The molecule has 2 aromatic heterocycles. The topological polar surface area (TPSA) is 59.3 Å². The standard InChI is InChI=1S/C26H20N2O.C14H10INO.C12H11N.CH4/c1-19(29)27-25-15-9-8-14-23(25)24-18-22(16-17-26(24)27)28(20-10-4-2-5-11-20)21-12-6-3-7-13-21;1-9(17)16-13-5-3-2-4-11(13)12-8-10(15)6-7-14(12)16;1-3-7-11(8-4-1)13-12-9-5-2-6-10-12;/h2-18H,1H3;2-8H,1H3;1-10,13H;1H4. The molecule has 0 aliphatic rings. The fourth-order valence-corrected chi connectivity index (χ4v) is 8.03. The van der Waals surface area contributed by atoms with E-state index in [0.29, 0.717) is 0 Å². The number of para-hydroxylation sites is 6. The largest absolute Gasteiger partial charge is 0.356 e. The molecular formula is C53H45IN4O2. The first-order valence-corrected chi connectivity index (χ1v) is 20.5. The number of hydrogen-bond donors (Lipinski definition) is 1. The van der Waals surface area contributed by atoms with Crippen molar-refractivity contribution < 1.29 is 9.59 Å². The van der Waals surface area contributed by atoms with Gasteiger partial charge in [-0.15, -0.1) is 0 Å². The molecule has 0 atom stereocenters. The number of aromatic nitrogens is 2. The Morgan fingerprint density at radius 1 is 0.417 bits per heavy atom. The normalized spacial score (nSPS) is 10.6. The number of halogens is 1. The maximum atomic E-state index is 12.3. The van der Waals surface area contributed by atoms with Crippen molar-refractivity contribution in [1.29, 1.82) is 0 Å². The third-order valence-electron chi connectivity index (χ3n) is 10.0. The third-order valence-corrected chi connectivity index (χ3v) is 10.7. The van der Waals surface area contributed by atoms with Gasteiger partial charge in [-0.05, 0) is 120 Å². The number of benzene rings is 8. The molecule has 0 saturated heterocycles. The van der Waals surface area contributed by atoms with Crippen LogP contribution in [-0.4, -0.2) is 20.9 Å². The molecule has 0 radical (unpaired) electrons. The van der Waals surface area contributed by atoms with Crippen LogP contribution in [0.1, 0.15) is 30.9 Å². The number of hydrogen-bond acceptors (Lipinski definition) is 4. The number of anilines is 5. The first-order valence-electron chi connectivity index (χ1n) is 19.4. The Morgan fingerprint density at radius 3 is 1.23 bits per heavy atom. The summed E-state index contributed by atoms with van der Waals surface area (Å²) in [7, 11) is 0. The SMILES string of the molecule is C.CC(=O)n1c2ccccc2c2cc(I)ccc21.CC(=O)n1c2ccccc2c2cc(N(c3ccccc3)c3ccccc3)ccc21.c1ccc(Nc2ccccc2)cc1. The lowest BCUT2D eigenvalue weighted by Gasteiger charge is -2.25. The van der Waals surface area contributed by atoms with Gasteiger partial charge in [-0.25, -0.2) is 0 Å². The van der Waals surface area contributed by atoms with Crippen LogP contribution in [0.25, 0.3) is 43.6 Å². The van der Waals surface area contributed by atoms with Crippen molar-refractivity contribution in [3.05, 3.63) is 210 Å². The molecule has 0 saturated carbocycles. The lowest BCUT2D eigenvalue weighted by molar-refractivity contribution is 0.0937. The summed E-state index contributed by atoms with van der Waals surface area (Å²) in [6, 6.07) is 69.5. The number of nitrogens with one attached hydrogen (secondary N) is 1. The van der Waals surface area contributed by atoms with Gasteiger partial charge in [0.25, 0.3) is 0 Å². The molecule has 7 heteroatoms. The summed E-state index contributed by atoms with van der Waals surface area (Å²) in [5, 5.41) is 7.74. The summed E-state index contributed by atoms with van der Waals surface area (Å²) in [5.74, 6) is 0.0735. The molecule has 296 valence electrons. The molecule has 1 N–H and O–H groups in total. The van der Waals surface area contributed by atoms with Gasteiger partial charge in [0, 0.05) is 67.4 Å². The van der Waals surface area contributed by atoms with Crippen molar-refractivity contribution in [2.45, 2.75) is 21.3 Å². The molecule has 60 heavy (non-hydrogen) atoms. The van der Waals surface area contributed by atoms with Crippen LogP contribution in [0.5, 0.6) is 0 Å². The quantitative estimate of drug-likeness (QED) is 0.175. The number of fused-ring (bicyclic) bond motifs is 6. The Hall–Kier alpha value is -6.97. The Balaban J connectivity index is 0.000000149. The molecule has 2 heterocycles. The van der Waals surface area contributed by atoms with E-state index in [9.17, 15) is 9.59 Å². The van der Waals surface area contributed by atoms with Crippen LogP contribution >= 0.6 is 22.6 Å². The second-order valence-corrected chi connectivity index (χ2v) is 15.2. The van der Waals surface area contributed by atoms with E-state index in [4.69, 9.17) is 0 Å². The average Bonchev–Trinajstić information content (AvgIpc) is 3.78. The lowest BCUT2D eigenvalue weighted by atomic mass is 10.1. The maximum absolute atomic E-state index is 12.3. The minimum atomic E-state index is 0. The highest BCUT2D eigenvalue weighted by Crippen LogP contribution is 2.38. The highest BCUT2D eigenvalue weighted by Gasteiger charge is 2.17. The van der Waals surface area contributed by atoms with E-state index < -0.39 is 0 Å². The minimum absolute atomic E-state index is 0. The van der Waals surface area contributed by atoms with Crippen LogP contribution in [0.15, 0.2) is 206 Å². The predicted molar refractivity (Wildman–Crippen MR) is 262 cm³/mol. The molecule has 6 nitrogen and oxygen atoms in total. The average molecular weight is 897 g/mol. The Bertz CT molecular complexity index is 2960. The summed E-state index contributed by atoms with van der Waals surface area (Å²) in [6.45, 7) is 3.21. The van der Waals surface area contributed by atoms with Gasteiger partial charge >= 0.3 is 0 Å². The summed E-state index contributed by atoms with van der Waals surface area (Å²) in [6.07, 6.45) is 0. The fraction of sp³-hybridized carbons (Fsp3) is 0.0566. The number of carbonyl (C=O) groups excluding carboxylic acids is 2. The maximum Gasteiger partial charge on any atom is 0.228 e. The van der Waals surface area contributed by atoms with Gasteiger partial charge in [-0.2, -0.15) is 0 Å². The molecule has 0 aliphatic heterocycles. The van der Waals surface area contributed by atoms with Crippen LogP contribution in [0.2, 0.25) is 0 Å². The van der Waals surface area contributed by atoms with Crippen molar-refractivity contribution in [3.8, 4) is 0 Å². The zero-order chi connectivity index (χ0) is 40.7. The Morgan fingerprint density at radius 2 is 0.783 bits per heavy atom. The second kappa shape index (κ2) is 18.7. The first kappa shape index (κ1) is 41.2. The van der Waals surface area contributed by atoms with E-state index in [1.807, 2.05) is 152 Å². The van der Waals surface area contributed by atoms with Gasteiger partial charge in [0.1, 0.15) is 0 Å². The Kier molecular flexibility index (Phi) is 12.9. The van der Waals surface area contributed by atoms with Gasteiger partial charge in [0.15, 0.2) is 0 Å². The molecule has 10 rings (SSSR count). The van der Waals surface area contributed by atoms with E-state index in [-0.39, 0.29) is 19.2 Å². The molecule has 0 unspecified atom stereocenters. The zero-order valence-corrected chi connectivity index (χ0v) is 34.8. The zero-order valence-electron chi connectivity index (χ0n) is 32.7. The molecule has 0 aliphatic carbocycles. The van der Waals surface area contributed by atoms with Crippen LogP contribution in [0, 0.1) is 3.57 Å². The summed E-state index contributed by atoms with van der Waals surface area (Å²) in [4.78, 5) is 26.4. The lowest BCUT2D eigenvalue weighted by Crippen LogP contribution is -2.09. The summed E-state index contributed by atoms with van der Waals surface area (Å²) < 4.78 is 4.76. The monoisotopic (exact) mass is 896 g/mol. The van der Waals surface area contributed by atoms with Gasteiger partial charge < -0.3 is 10.2 Å². The highest BCUT2D eigenvalue weighted by atomic mass is 127. The molecular weight excluding hydrogens is 852 g/mol. The Labute approximate surface area is 364 Å². The van der Waals surface area contributed by atoms with Crippen LogP contribution in [0.3, 0.4) is 0 Å². The van der Waals surface area contributed by atoms with Crippen LogP contribution < -0.4 is 10.2 Å². The number of nitrogens with zero attached hydrogens (tertiary/aromatic N) is 3. The first-order chi connectivity index (χ1) is 28.9. The molecule has 10 aromatic rings. The fourth-order valence-electron chi connectivity index (χ4n) is 7.53. The van der Waals surface area contributed by atoms with E-state index in [2.05, 4.69) is 87.4 Å². The number of carbonyl (C=O) groups is 2. The number of rotatable bonds is 5. The van der Waals surface area contributed by atoms with E-state index in [1.54, 1.807) is 23.0 Å². The highest BCUT2D eigenvalue weighted by molar-refractivity contribution is 14.1. The molecule has 0 fully saturated rings. The van der Waals surface area contributed by atoms with Gasteiger partial charge in [0.2, 0.25) is 11.8 Å². The summed E-state index contributed by atoms with van der Waals surface area (Å²) >= 11 is 2.29. The van der Waals surface area contributed by atoms with Gasteiger partial charge in [-0.1, -0.05) is 117 Å². The third kappa shape index (κ3) is 8.72. The van der Waals surface area contributed by atoms with Crippen molar-refractivity contribution >= 4 is 106 Å². The van der Waals surface area contributed by atoms with E-state index >= 15 is 0 Å². The van der Waals surface area contributed by atoms with Crippen molar-refractivity contribution in [2.75, 3.05) is 10.2 Å². The molecule has 0 amide bonds. The summed E-state index contributed by atoms with van der Waals surface area (Å²) in [5.41, 5.74) is 9.32. The second-order valence-electron chi connectivity index (χ2n) is 14.0.